The molecule has 3 N–H and O–H groups in total. The normalized spacial score (nSPS) is 28.2. The molecule has 3 aromatic rings. The van der Waals surface area contributed by atoms with Crippen molar-refractivity contribution in [3.8, 4) is 0 Å². The lowest BCUT2D eigenvalue weighted by Crippen LogP contribution is -2.55. The molecule has 0 unspecified atom stereocenters. The summed E-state index contributed by atoms with van der Waals surface area (Å²) in [4.78, 5) is 62.4. The molecule has 53 heavy (non-hydrogen) atoms. The number of ether oxygens (including phenoxy) is 1. The van der Waals surface area contributed by atoms with E-state index in [1.807, 2.05) is 91.6 Å². The van der Waals surface area contributed by atoms with Gasteiger partial charge in [0.05, 0.1) is 44.1 Å². The minimum absolute atomic E-state index is 0.0448. The predicted octanol–water partition coefficient (Wildman–Crippen LogP) is 4.34. The van der Waals surface area contributed by atoms with Crippen molar-refractivity contribution in [3.05, 3.63) is 90.0 Å². The highest BCUT2D eigenvalue weighted by atomic mass is 28.4. The molecule has 3 amide bonds. The van der Waals surface area contributed by atoms with E-state index >= 15 is 0 Å². The second-order valence-corrected chi connectivity index (χ2v) is 20.1. The third-order valence-electron chi connectivity index (χ3n) is 12.7. The van der Waals surface area contributed by atoms with Gasteiger partial charge in [-0.05, 0) is 87.8 Å². The van der Waals surface area contributed by atoms with Crippen molar-refractivity contribution in [2.75, 3.05) is 47.6 Å². The molecule has 3 aromatic carbocycles. The van der Waals surface area contributed by atoms with Crippen LogP contribution in [0.25, 0.3) is 0 Å². The van der Waals surface area contributed by atoms with Crippen molar-refractivity contribution in [1.29, 1.82) is 0 Å². The van der Waals surface area contributed by atoms with Crippen LogP contribution < -0.4 is 20.0 Å². The first-order valence-corrected chi connectivity index (χ1v) is 22.2. The maximum absolute atomic E-state index is 15.0. The van der Waals surface area contributed by atoms with Crippen LogP contribution in [0.3, 0.4) is 0 Å². The van der Waals surface area contributed by atoms with Gasteiger partial charge in [-0.15, -0.1) is 0 Å². The average molecular weight is 738 g/mol. The van der Waals surface area contributed by atoms with Gasteiger partial charge < -0.3 is 34.7 Å². The molecule has 5 atom stereocenters. The van der Waals surface area contributed by atoms with Crippen LogP contribution in [0.5, 0.6) is 0 Å². The minimum atomic E-state index is -2.96. The number of nitrogens with zero attached hydrogens (tertiary/aromatic N) is 4. The van der Waals surface area contributed by atoms with Crippen molar-refractivity contribution in [3.63, 3.8) is 0 Å². The molecule has 2 spiro atoms. The van der Waals surface area contributed by atoms with Crippen LogP contribution >= 0.6 is 0 Å². The Labute approximate surface area is 312 Å². The van der Waals surface area contributed by atoms with Gasteiger partial charge in [0, 0.05) is 34.9 Å². The maximum Gasteiger partial charge on any atom is 0.264 e. The Hall–Kier alpha value is -4.07. The number of hydrogen-bond donors (Lipinski definition) is 3. The number of aliphatic hydroxyl groups is 1. The molecular weight excluding hydrogens is 687 g/mol. The highest BCUT2D eigenvalue weighted by Crippen LogP contribution is 2.60. The summed E-state index contributed by atoms with van der Waals surface area (Å²) in [6.07, 6.45) is 2.43. The number of para-hydroxylation sites is 2. The summed E-state index contributed by atoms with van der Waals surface area (Å²) in [6.45, 7) is 8.46. The molecule has 0 saturated carbocycles. The second-order valence-electron chi connectivity index (χ2n) is 16.1. The topological polar surface area (TPSA) is 126 Å². The summed E-state index contributed by atoms with van der Waals surface area (Å²) < 4.78 is 6.91. The first kappa shape index (κ1) is 35.9. The number of carbonyl (C=O) groups is 3. The summed E-state index contributed by atoms with van der Waals surface area (Å²) in [5, 5.41) is 13.3. The first-order valence-electron chi connectivity index (χ1n) is 19.2. The lowest BCUT2D eigenvalue weighted by Gasteiger charge is -2.39. The first-order chi connectivity index (χ1) is 25.5. The van der Waals surface area contributed by atoms with Crippen LogP contribution in [0, 0.1) is 5.92 Å². The van der Waals surface area contributed by atoms with E-state index in [0.717, 1.165) is 67.0 Å². The molecular formula is C41H51N5O6Si. The smallest absolute Gasteiger partial charge is 0.264 e. The molecule has 4 saturated heterocycles. The molecule has 0 bridgehead atoms. The van der Waals surface area contributed by atoms with Crippen molar-refractivity contribution in [1.82, 2.24) is 10.2 Å². The van der Waals surface area contributed by atoms with Crippen LogP contribution in [0.2, 0.25) is 18.6 Å². The quantitative estimate of drug-likeness (QED) is 0.292. The monoisotopic (exact) mass is 737 g/mol. The van der Waals surface area contributed by atoms with Gasteiger partial charge in [-0.1, -0.05) is 55.5 Å². The summed E-state index contributed by atoms with van der Waals surface area (Å²) in [5.74, 6) is -0.613. The van der Waals surface area contributed by atoms with Gasteiger partial charge in [0.2, 0.25) is 5.91 Å². The van der Waals surface area contributed by atoms with Crippen LogP contribution in [-0.4, -0.2) is 91.4 Å². The zero-order chi connectivity index (χ0) is 37.1. The Morgan fingerprint density at radius 2 is 1.68 bits per heavy atom. The Morgan fingerprint density at radius 1 is 0.962 bits per heavy atom. The third kappa shape index (κ3) is 5.81. The Bertz CT molecular complexity index is 1880. The zero-order valence-corrected chi connectivity index (χ0v) is 31.9. The number of aliphatic hydroxyl groups excluding tert-OH is 1. The molecule has 0 aromatic heterocycles. The minimum Gasteiger partial charge on any atom is -0.432 e. The molecule has 8 rings (SSSR count). The summed E-state index contributed by atoms with van der Waals surface area (Å²) >= 11 is 0. The van der Waals surface area contributed by atoms with Crippen molar-refractivity contribution < 1.29 is 29.0 Å². The van der Waals surface area contributed by atoms with E-state index in [1.54, 1.807) is 9.80 Å². The van der Waals surface area contributed by atoms with Gasteiger partial charge in [0.1, 0.15) is 5.54 Å². The van der Waals surface area contributed by atoms with Crippen LogP contribution in [0.1, 0.15) is 50.2 Å². The van der Waals surface area contributed by atoms with Gasteiger partial charge in [-0.2, -0.15) is 0 Å². The Balaban J connectivity index is 1.09. The number of rotatable bonds is 8. The fourth-order valence-electron chi connectivity index (χ4n) is 10.2. The number of fused-ring (bicyclic) bond motifs is 2. The van der Waals surface area contributed by atoms with E-state index in [1.165, 1.54) is 0 Å². The second kappa shape index (κ2) is 13.7. The SMILES string of the molecule is C[C@H]1[C@H]([Si](C)(C)O)[C@@H](CC(=O)N2CCC[C@H]2CO)O[C@]12C(=O)N(Cc1cccc(N3CN(c4ccccc4)C4(CCNCC4)C3=O)c1)c1ccccc12. The van der Waals surface area contributed by atoms with Gasteiger partial charge in [0.15, 0.2) is 13.9 Å². The van der Waals surface area contributed by atoms with E-state index in [4.69, 9.17) is 4.74 Å². The fraction of sp³-hybridized carbons (Fsp3) is 0.488. The number of benzene rings is 3. The van der Waals surface area contributed by atoms with Gasteiger partial charge in [0.25, 0.3) is 11.8 Å². The lowest BCUT2D eigenvalue weighted by molar-refractivity contribution is -0.150. The summed E-state index contributed by atoms with van der Waals surface area (Å²) in [5.41, 5.74) is 1.83. The molecule has 11 nitrogen and oxygen atoms in total. The predicted molar refractivity (Wildman–Crippen MR) is 206 cm³/mol. The lowest BCUT2D eigenvalue weighted by atomic mass is 9.82. The van der Waals surface area contributed by atoms with Crippen LogP contribution in [0.15, 0.2) is 78.9 Å². The van der Waals surface area contributed by atoms with E-state index in [-0.39, 0.29) is 48.9 Å². The van der Waals surface area contributed by atoms with Crippen LogP contribution in [0.4, 0.5) is 17.1 Å². The van der Waals surface area contributed by atoms with Crippen molar-refractivity contribution in [2.45, 2.75) is 87.5 Å². The Morgan fingerprint density at radius 3 is 2.42 bits per heavy atom. The Kier molecular flexibility index (Phi) is 9.25. The molecule has 5 heterocycles. The summed E-state index contributed by atoms with van der Waals surface area (Å²) in [7, 11) is -2.96. The molecule has 5 aliphatic heterocycles. The number of amides is 3. The maximum atomic E-state index is 15.0. The van der Waals surface area contributed by atoms with Gasteiger partial charge in [-0.3, -0.25) is 19.3 Å². The van der Waals surface area contributed by atoms with E-state index in [9.17, 15) is 24.3 Å². The molecule has 12 heteroatoms. The molecule has 5 aliphatic rings. The standard InChI is InChI=1S/C41H51N5O6Si/c1-28-37(53(2,3)51)35(24-36(48)43-22-10-15-32(43)26-47)52-41(28)33-16-7-8-17-34(33)44(39(41)50)25-29-11-9-14-31(23-29)45-27-46(30-12-5-4-6-13-30)40(38(45)49)18-20-42-21-19-40/h4-9,11-14,16-17,23,28,32,35,37,42,47,51H,10,15,18-22,24-27H2,1-3H3/t28-,32-,35+,37-,41+/m0/s1. The molecule has 0 radical (unpaired) electrons. The highest BCUT2D eigenvalue weighted by Gasteiger charge is 2.66. The van der Waals surface area contributed by atoms with Crippen molar-refractivity contribution in [2.24, 2.45) is 5.92 Å². The largest absolute Gasteiger partial charge is 0.432 e. The van der Waals surface area contributed by atoms with E-state index in [0.29, 0.717) is 13.2 Å². The number of likely N-dealkylation sites (tertiary alicyclic amines) is 1. The number of anilines is 3. The summed E-state index contributed by atoms with van der Waals surface area (Å²) in [6, 6.07) is 25.6. The molecule has 0 aliphatic carbocycles. The third-order valence-corrected chi connectivity index (χ3v) is 15.2. The van der Waals surface area contributed by atoms with E-state index < -0.39 is 31.5 Å². The highest BCUT2D eigenvalue weighted by molar-refractivity contribution is 6.71. The molecule has 280 valence electrons. The van der Waals surface area contributed by atoms with Gasteiger partial charge in [-0.25, -0.2) is 0 Å². The number of nitrogens with one attached hydrogen (secondary N) is 1. The number of piperidine rings is 1. The van der Waals surface area contributed by atoms with Crippen molar-refractivity contribution >= 4 is 43.1 Å². The van der Waals surface area contributed by atoms with Crippen LogP contribution in [-0.2, 0) is 31.3 Å². The van der Waals surface area contributed by atoms with E-state index in [2.05, 4.69) is 22.3 Å². The molecule has 4 fully saturated rings. The number of hydrogen-bond acceptors (Lipinski definition) is 8. The zero-order valence-electron chi connectivity index (χ0n) is 30.9. The fourth-order valence-corrected chi connectivity index (χ4v) is 12.8. The number of carbonyl (C=O) groups excluding carboxylic acids is 3. The van der Waals surface area contributed by atoms with Gasteiger partial charge >= 0.3 is 0 Å². The average Bonchev–Trinajstić information content (AvgIpc) is 3.89.